The van der Waals surface area contributed by atoms with Crippen LogP contribution >= 0.6 is 11.3 Å². The molecule has 106 valence electrons. The van der Waals surface area contributed by atoms with Crippen LogP contribution in [0.1, 0.15) is 16.5 Å². The highest BCUT2D eigenvalue weighted by atomic mass is 32.1. The number of hydrogen-bond acceptors (Lipinski definition) is 7. The van der Waals surface area contributed by atoms with Gasteiger partial charge in [-0.2, -0.15) is 9.61 Å². The second-order valence-corrected chi connectivity index (χ2v) is 5.23. The summed E-state index contributed by atoms with van der Waals surface area (Å²) in [7, 11) is 0. The molecule has 9 heteroatoms. The van der Waals surface area contributed by atoms with E-state index in [2.05, 4.69) is 10.1 Å². The van der Waals surface area contributed by atoms with Crippen molar-refractivity contribution in [1.82, 2.24) is 14.6 Å². The van der Waals surface area contributed by atoms with E-state index in [0.29, 0.717) is 15.7 Å². The highest BCUT2D eigenvalue weighted by molar-refractivity contribution is 7.16. The van der Waals surface area contributed by atoms with Crippen molar-refractivity contribution in [2.24, 2.45) is 0 Å². The van der Waals surface area contributed by atoms with Crippen LogP contribution in [-0.4, -0.2) is 19.5 Å². The molecule has 0 fully saturated rings. The molecule has 0 amide bonds. The Labute approximate surface area is 121 Å². The largest absolute Gasteiger partial charge is 0.465 e. The zero-order valence-electron chi connectivity index (χ0n) is 10.7. The van der Waals surface area contributed by atoms with Crippen LogP contribution in [0, 0.1) is 17.0 Å². The van der Waals surface area contributed by atoms with Gasteiger partial charge in [0.15, 0.2) is 5.69 Å². The van der Waals surface area contributed by atoms with E-state index in [9.17, 15) is 14.9 Å². The van der Waals surface area contributed by atoms with Crippen molar-refractivity contribution in [3.63, 3.8) is 0 Å². The molecule has 3 heterocycles. The van der Waals surface area contributed by atoms with Crippen LogP contribution in [0.5, 0.6) is 0 Å². The summed E-state index contributed by atoms with van der Waals surface area (Å²) in [6, 6.07) is 3.37. The molecule has 8 nitrogen and oxygen atoms in total. The number of aromatic nitrogens is 3. The Morgan fingerprint density at radius 3 is 2.95 bits per heavy atom. The minimum absolute atomic E-state index is 0.0231. The zero-order valence-corrected chi connectivity index (χ0v) is 11.5. The maximum Gasteiger partial charge on any atom is 0.361 e. The third-order valence-electron chi connectivity index (χ3n) is 2.65. The molecule has 0 bridgehead atoms. The first-order chi connectivity index (χ1) is 10.1. The average molecular weight is 304 g/mol. The molecule has 0 aromatic carbocycles. The van der Waals surface area contributed by atoms with Gasteiger partial charge >= 0.3 is 11.2 Å². The van der Waals surface area contributed by atoms with Gasteiger partial charge in [-0.05, 0) is 31.2 Å². The van der Waals surface area contributed by atoms with E-state index in [0.717, 1.165) is 4.52 Å². The van der Waals surface area contributed by atoms with Crippen molar-refractivity contribution in [3.05, 3.63) is 55.3 Å². The van der Waals surface area contributed by atoms with E-state index in [4.69, 9.17) is 4.42 Å². The number of fused-ring (bicyclic) bond motifs is 1. The van der Waals surface area contributed by atoms with Crippen molar-refractivity contribution in [2.75, 3.05) is 0 Å². The Morgan fingerprint density at radius 1 is 1.48 bits per heavy atom. The molecule has 0 saturated heterocycles. The minimum atomic E-state index is -0.798. The molecule has 0 aliphatic rings. The van der Waals surface area contributed by atoms with Gasteiger partial charge in [0.25, 0.3) is 0 Å². The predicted octanol–water partition coefficient (Wildman–Crippen LogP) is 2.13. The summed E-state index contributed by atoms with van der Waals surface area (Å²) in [5.74, 6) is 0.506. The topological polar surface area (TPSA) is 104 Å². The number of furan rings is 1. The van der Waals surface area contributed by atoms with E-state index >= 15 is 0 Å². The average Bonchev–Trinajstić information content (AvgIpc) is 3.04. The standard InChI is InChI=1S/C12H8N4O4S/c1-7-14-15-11(17)10(16(18)19)9(13-12(15)21-7)5-4-8-3-2-6-20-8/h2-6H,1H3/b5-4+. The van der Waals surface area contributed by atoms with Crippen LogP contribution < -0.4 is 5.56 Å². The van der Waals surface area contributed by atoms with Crippen molar-refractivity contribution in [2.45, 2.75) is 6.92 Å². The SMILES string of the molecule is Cc1nn2c(=O)c([N+](=O)[O-])c(/C=C/c3ccco3)nc2s1. The van der Waals surface area contributed by atoms with Crippen LogP contribution in [0.15, 0.2) is 27.6 Å². The Kier molecular flexibility index (Phi) is 3.10. The first-order valence-corrected chi connectivity index (χ1v) is 6.64. The van der Waals surface area contributed by atoms with Gasteiger partial charge in [0, 0.05) is 0 Å². The molecule has 3 rings (SSSR count). The van der Waals surface area contributed by atoms with Crippen LogP contribution in [0.25, 0.3) is 17.1 Å². The molecule has 0 unspecified atom stereocenters. The van der Waals surface area contributed by atoms with E-state index in [1.165, 1.54) is 29.8 Å². The zero-order chi connectivity index (χ0) is 15.0. The van der Waals surface area contributed by atoms with Gasteiger partial charge in [0.05, 0.1) is 11.2 Å². The van der Waals surface area contributed by atoms with Gasteiger partial charge in [-0.25, -0.2) is 4.98 Å². The second kappa shape index (κ2) is 4.94. The van der Waals surface area contributed by atoms with Gasteiger partial charge in [-0.3, -0.25) is 14.9 Å². The fraction of sp³-hybridized carbons (Fsp3) is 0.0833. The molecule has 21 heavy (non-hydrogen) atoms. The summed E-state index contributed by atoms with van der Waals surface area (Å²) < 4.78 is 6.05. The maximum atomic E-state index is 12.1. The molecule has 3 aromatic rings. The molecular weight excluding hydrogens is 296 g/mol. The molecule has 0 N–H and O–H groups in total. The third-order valence-corrected chi connectivity index (χ3v) is 3.47. The Hall–Kier alpha value is -2.81. The fourth-order valence-electron chi connectivity index (χ4n) is 1.78. The van der Waals surface area contributed by atoms with Crippen LogP contribution in [-0.2, 0) is 0 Å². The second-order valence-electron chi connectivity index (χ2n) is 4.07. The smallest absolute Gasteiger partial charge is 0.361 e. The molecule has 3 aromatic heterocycles. The van der Waals surface area contributed by atoms with Crippen molar-refractivity contribution in [3.8, 4) is 0 Å². The molecule has 0 atom stereocenters. The molecule has 0 radical (unpaired) electrons. The number of rotatable bonds is 3. The summed E-state index contributed by atoms with van der Waals surface area (Å²) in [5, 5.41) is 15.6. The van der Waals surface area contributed by atoms with E-state index in [1.807, 2.05) is 0 Å². The highest BCUT2D eigenvalue weighted by Crippen LogP contribution is 2.18. The molecule has 0 aliphatic heterocycles. The van der Waals surface area contributed by atoms with E-state index in [-0.39, 0.29) is 5.69 Å². The summed E-state index contributed by atoms with van der Waals surface area (Å²) >= 11 is 1.19. The Balaban J connectivity index is 2.22. The molecule has 0 saturated carbocycles. The van der Waals surface area contributed by atoms with Crippen molar-refractivity contribution >= 4 is 34.1 Å². The normalized spacial score (nSPS) is 11.5. The Morgan fingerprint density at radius 2 is 2.29 bits per heavy atom. The first-order valence-electron chi connectivity index (χ1n) is 5.83. The number of aryl methyl sites for hydroxylation is 1. The van der Waals surface area contributed by atoms with Crippen LogP contribution in [0.3, 0.4) is 0 Å². The van der Waals surface area contributed by atoms with Gasteiger partial charge in [0.2, 0.25) is 4.96 Å². The maximum absolute atomic E-state index is 12.1. The van der Waals surface area contributed by atoms with E-state index in [1.54, 1.807) is 19.1 Å². The summed E-state index contributed by atoms with van der Waals surface area (Å²) in [5.41, 5.74) is -1.43. The first kappa shape index (κ1) is 13.2. The number of hydrogen-bond donors (Lipinski definition) is 0. The van der Waals surface area contributed by atoms with Gasteiger partial charge in [-0.1, -0.05) is 11.3 Å². The summed E-state index contributed by atoms with van der Waals surface area (Å²) in [6.07, 6.45) is 4.37. The highest BCUT2D eigenvalue weighted by Gasteiger charge is 2.23. The minimum Gasteiger partial charge on any atom is -0.465 e. The lowest BCUT2D eigenvalue weighted by Gasteiger charge is -1.96. The lowest BCUT2D eigenvalue weighted by atomic mass is 10.3. The monoisotopic (exact) mass is 304 g/mol. The van der Waals surface area contributed by atoms with Crippen LogP contribution in [0.2, 0.25) is 0 Å². The Bertz CT molecular complexity index is 907. The fourth-order valence-corrected chi connectivity index (χ4v) is 2.52. The molecule has 0 spiro atoms. The molecule has 0 aliphatic carbocycles. The van der Waals surface area contributed by atoms with Gasteiger partial charge < -0.3 is 4.42 Å². The van der Waals surface area contributed by atoms with Gasteiger partial charge in [0.1, 0.15) is 10.8 Å². The van der Waals surface area contributed by atoms with Crippen molar-refractivity contribution in [1.29, 1.82) is 0 Å². The summed E-state index contributed by atoms with van der Waals surface area (Å²) in [6.45, 7) is 1.70. The number of nitro groups is 1. The van der Waals surface area contributed by atoms with E-state index < -0.39 is 16.2 Å². The van der Waals surface area contributed by atoms with Crippen LogP contribution in [0.4, 0.5) is 5.69 Å². The van der Waals surface area contributed by atoms with Gasteiger partial charge in [-0.15, -0.1) is 0 Å². The lowest BCUT2D eigenvalue weighted by molar-refractivity contribution is -0.386. The predicted molar refractivity (Wildman–Crippen MR) is 76.2 cm³/mol. The number of nitrogens with zero attached hydrogens (tertiary/aromatic N) is 4. The quantitative estimate of drug-likeness (QED) is 0.542. The molecular formula is C12H8N4O4S. The summed E-state index contributed by atoms with van der Waals surface area (Å²) in [4.78, 5) is 26.9. The van der Waals surface area contributed by atoms with Crippen molar-refractivity contribution < 1.29 is 9.34 Å². The third kappa shape index (κ3) is 2.34. The lowest BCUT2D eigenvalue weighted by Crippen LogP contribution is -2.20.